The van der Waals surface area contributed by atoms with Gasteiger partial charge in [0.1, 0.15) is 0 Å². The number of nitrogens with one attached hydrogen (secondary N) is 3. The maximum atomic E-state index is 12.3. The normalized spacial score (nSPS) is 14.1. The first-order valence-electron chi connectivity index (χ1n) is 8.82. The zero-order chi connectivity index (χ0) is 19.7. The van der Waals surface area contributed by atoms with Crippen LogP contribution in [0, 0.1) is 5.92 Å². The smallest absolute Gasteiger partial charge is 0.422 e. The number of nitrogens with zero attached hydrogens (tertiary/aromatic N) is 2. The van der Waals surface area contributed by atoms with E-state index in [9.17, 15) is 18.0 Å². The molecule has 1 aromatic rings. The van der Waals surface area contributed by atoms with Crippen LogP contribution in [0.2, 0.25) is 0 Å². The Morgan fingerprint density at radius 3 is 2.64 bits per heavy atom. The first-order valence-corrected chi connectivity index (χ1v) is 8.82. The zero-order valence-electron chi connectivity index (χ0n) is 15.5. The molecule has 1 saturated carbocycles. The number of alkyl halides is 3. The van der Waals surface area contributed by atoms with Crippen LogP contribution in [0.1, 0.15) is 25.3 Å². The SMILES string of the molecule is CCNC(=NCc1cccnc1OCC(F)(F)F)NCCNC(=O)C1CC1.I. The molecular formula is C17H25F3IN5O2. The Hall–Kier alpha value is -1.79. The van der Waals surface area contributed by atoms with Crippen molar-refractivity contribution in [2.24, 2.45) is 10.9 Å². The van der Waals surface area contributed by atoms with E-state index in [0.29, 0.717) is 31.2 Å². The van der Waals surface area contributed by atoms with Gasteiger partial charge in [-0.25, -0.2) is 9.98 Å². The van der Waals surface area contributed by atoms with E-state index >= 15 is 0 Å². The lowest BCUT2D eigenvalue weighted by molar-refractivity contribution is -0.154. The van der Waals surface area contributed by atoms with Crippen molar-refractivity contribution >= 4 is 35.8 Å². The number of carbonyl (C=O) groups is 1. The molecule has 0 aromatic carbocycles. The van der Waals surface area contributed by atoms with Crippen molar-refractivity contribution in [2.45, 2.75) is 32.5 Å². The first-order chi connectivity index (χ1) is 12.9. The van der Waals surface area contributed by atoms with Crippen molar-refractivity contribution in [3.8, 4) is 5.88 Å². The number of hydrogen-bond acceptors (Lipinski definition) is 4. The number of amides is 1. The molecule has 0 spiro atoms. The van der Waals surface area contributed by atoms with Crippen molar-refractivity contribution in [3.05, 3.63) is 23.9 Å². The third-order valence-corrected chi connectivity index (χ3v) is 3.64. The molecule has 0 bridgehead atoms. The van der Waals surface area contributed by atoms with E-state index in [4.69, 9.17) is 4.74 Å². The minimum absolute atomic E-state index is 0. The van der Waals surface area contributed by atoms with Gasteiger partial charge in [0, 0.05) is 37.3 Å². The Labute approximate surface area is 178 Å². The Morgan fingerprint density at radius 1 is 1.29 bits per heavy atom. The number of guanidine groups is 1. The highest BCUT2D eigenvalue weighted by atomic mass is 127. The molecular weight excluding hydrogens is 490 g/mol. The summed E-state index contributed by atoms with van der Waals surface area (Å²) in [6.45, 7) is 2.16. The second kappa shape index (κ2) is 11.9. The van der Waals surface area contributed by atoms with Gasteiger partial charge in [0.25, 0.3) is 0 Å². The van der Waals surface area contributed by atoms with Crippen LogP contribution in [-0.2, 0) is 11.3 Å². The lowest BCUT2D eigenvalue weighted by Gasteiger charge is -2.13. The summed E-state index contributed by atoms with van der Waals surface area (Å²) in [7, 11) is 0. The van der Waals surface area contributed by atoms with Crippen LogP contribution in [0.15, 0.2) is 23.3 Å². The lowest BCUT2D eigenvalue weighted by Crippen LogP contribution is -2.41. The Kier molecular flexibility index (Phi) is 10.3. The average Bonchev–Trinajstić information content (AvgIpc) is 3.46. The van der Waals surface area contributed by atoms with Gasteiger partial charge in [-0.15, -0.1) is 24.0 Å². The van der Waals surface area contributed by atoms with Gasteiger partial charge >= 0.3 is 6.18 Å². The summed E-state index contributed by atoms with van der Waals surface area (Å²) in [6.07, 6.45) is -1.16. The van der Waals surface area contributed by atoms with Gasteiger partial charge < -0.3 is 20.7 Å². The predicted molar refractivity (Wildman–Crippen MR) is 110 cm³/mol. The Morgan fingerprint density at radius 2 is 2.00 bits per heavy atom. The minimum atomic E-state index is -4.43. The second-order valence-corrected chi connectivity index (χ2v) is 6.06. The maximum Gasteiger partial charge on any atom is 0.422 e. The van der Waals surface area contributed by atoms with E-state index in [1.165, 1.54) is 6.20 Å². The first kappa shape index (κ1) is 24.2. The number of aliphatic imine (C=N–C) groups is 1. The molecule has 1 aliphatic carbocycles. The molecule has 0 atom stereocenters. The van der Waals surface area contributed by atoms with Gasteiger partial charge in [0.05, 0.1) is 6.54 Å². The van der Waals surface area contributed by atoms with Crippen LogP contribution >= 0.6 is 24.0 Å². The van der Waals surface area contributed by atoms with E-state index < -0.39 is 12.8 Å². The third-order valence-electron chi connectivity index (χ3n) is 3.64. The monoisotopic (exact) mass is 515 g/mol. The van der Waals surface area contributed by atoms with Crippen LogP contribution in [0.3, 0.4) is 0 Å². The highest BCUT2D eigenvalue weighted by Gasteiger charge is 2.29. The van der Waals surface area contributed by atoms with Crippen molar-refractivity contribution in [1.82, 2.24) is 20.9 Å². The molecule has 1 amide bonds. The van der Waals surface area contributed by atoms with Crippen molar-refractivity contribution < 1.29 is 22.7 Å². The van der Waals surface area contributed by atoms with Gasteiger partial charge in [0.15, 0.2) is 12.6 Å². The number of ether oxygens (including phenoxy) is 1. The van der Waals surface area contributed by atoms with Gasteiger partial charge in [-0.3, -0.25) is 4.79 Å². The summed E-state index contributed by atoms with van der Waals surface area (Å²) in [5.74, 6) is 0.628. The number of halogens is 4. The van der Waals surface area contributed by atoms with Crippen molar-refractivity contribution in [1.29, 1.82) is 0 Å². The number of rotatable bonds is 9. The molecule has 2 rings (SSSR count). The molecule has 0 aliphatic heterocycles. The van der Waals surface area contributed by atoms with E-state index in [1.807, 2.05) is 6.92 Å². The molecule has 1 aliphatic rings. The fraction of sp³-hybridized carbons (Fsp3) is 0.588. The number of carbonyl (C=O) groups excluding carboxylic acids is 1. The van der Waals surface area contributed by atoms with Gasteiger partial charge in [-0.2, -0.15) is 13.2 Å². The Bertz CT molecular complexity index is 654. The molecule has 11 heteroatoms. The van der Waals surface area contributed by atoms with Crippen LogP contribution < -0.4 is 20.7 Å². The standard InChI is InChI=1S/C17H24F3N5O2.HI/c1-2-21-16(24-9-8-22-14(26)12-5-6-12)25-10-13-4-3-7-23-15(13)27-11-17(18,19)20;/h3-4,7,12H,2,5-6,8-11H2,1H3,(H,22,26)(H2,21,24,25);1H. The number of hydrogen-bond donors (Lipinski definition) is 3. The minimum Gasteiger partial charge on any atom is -0.468 e. The molecule has 7 nitrogen and oxygen atoms in total. The second-order valence-electron chi connectivity index (χ2n) is 6.06. The van der Waals surface area contributed by atoms with Gasteiger partial charge in [-0.1, -0.05) is 6.07 Å². The summed E-state index contributed by atoms with van der Waals surface area (Å²) in [6, 6.07) is 3.22. The highest BCUT2D eigenvalue weighted by molar-refractivity contribution is 14.0. The molecule has 1 fully saturated rings. The maximum absolute atomic E-state index is 12.3. The Balaban J connectivity index is 0.00000392. The van der Waals surface area contributed by atoms with E-state index in [2.05, 4.69) is 25.9 Å². The third kappa shape index (κ3) is 9.42. The summed E-state index contributed by atoms with van der Waals surface area (Å²) in [5.41, 5.74) is 0.445. The van der Waals surface area contributed by atoms with E-state index in [1.54, 1.807) is 12.1 Å². The zero-order valence-corrected chi connectivity index (χ0v) is 17.8. The molecule has 3 N–H and O–H groups in total. The van der Waals surface area contributed by atoms with E-state index in [-0.39, 0.29) is 48.2 Å². The lowest BCUT2D eigenvalue weighted by atomic mass is 10.3. The van der Waals surface area contributed by atoms with Crippen LogP contribution in [-0.4, -0.2) is 49.3 Å². The summed E-state index contributed by atoms with van der Waals surface area (Å²) < 4.78 is 41.8. The summed E-state index contributed by atoms with van der Waals surface area (Å²) >= 11 is 0. The number of aromatic nitrogens is 1. The molecule has 0 saturated heterocycles. The highest BCUT2D eigenvalue weighted by Crippen LogP contribution is 2.28. The fourth-order valence-electron chi connectivity index (χ4n) is 2.19. The van der Waals surface area contributed by atoms with E-state index in [0.717, 1.165) is 12.8 Å². The molecule has 158 valence electrons. The molecule has 1 heterocycles. The van der Waals surface area contributed by atoms with Crippen molar-refractivity contribution in [2.75, 3.05) is 26.2 Å². The molecule has 28 heavy (non-hydrogen) atoms. The summed E-state index contributed by atoms with van der Waals surface area (Å²) in [4.78, 5) is 19.7. The van der Waals surface area contributed by atoms with Crippen LogP contribution in [0.5, 0.6) is 5.88 Å². The predicted octanol–water partition coefficient (Wildman–Crippen LogP) is 2.22. The molecule has 0 unspecified atom stereocenters. The average molecular weight is 515 g/mol. The number of pyridine rings is 1. The van der Waals surface area contributed by atoms with Crippen LogP contribution in [0.25, 0.3) is 0 Å². The largest absolute Gasteiger partial charge is 0.468 e. The van der Waals surface area contributed by atoms with Crippen molar-refractivity contribution in [3.63, 3.8) is 0 Å². The van der Waals surface area contributed by atoms with Gasteiger partial charge in [-0.05, 0) is 25.8 Å². The van der Waals surface area contributed by atoms with Gasteiger partial charge in [0.2, 0.25) is 11.8 Å². The fourth-order valence-corrected chi connectivity index (χ4v) is 2.19. The summed E-state index contributed by atoms with van der Waals surface area (Å²) in [5, 5.41) is 8.94. The van der Waals surface area contributed by atoms with Crippen LogP contribution in [0.4, 0.5) is 13.2 Å². The quantitative estimate of drug-likeness (QED) is 0.203. The molecule has 1 aromatic heterocycles. The topological polar surface area (TPSA) is 87.6 Å². The molecule has 0 radical (unpaired) electrons.